The van der Waals surface area contributed by atoms with Crippen LogP contribution in [0, 0.1) is 0 Å². The van der Waals surface area contributed by atoms with E-state index in [0.717, 1.165) is 52.7 Å². The Morgan fingerprint density at radius 3 is 2.78 bits per heavy atom. The first-order valence-corrected chi connectivity index (χ1v) is 9.89. The molecule has 1 aromatic carbocycles. The third-order valence-electron chi connectivity index (χ3n) is 5.14. The lowest BCUT2D eigenvalue weighted by Gasteiger charge is -2.28. The van der Waals surface area contributed by atoms with Crippen molar-refractivity contribution in [2.24, 2.45) is 0 Å². The van der Waals surface area contributed by atoms with Gasteiger partial charge in [0.1, 0.15) is 0 Å². The monoisotopic (exact) mass is 427 g/mol. The Kier molecular flexibility index (Phi) is 4.97. The molecule has 0 radical (unpaired) electrons. The van der Waals surface area contributed by atoms with Crippen molar-refractivity contribution in [3.8, 4) is 0 Å². The average Bonchev–Trinajstić information content (AvgIpc) is 3.11. The van der Waals surface area contributed by atoms with Gasteiger partial charge in [0.25, 0.3) is 0 Å². The van der Waals surface area contributed by atoms with E-state index in [9.17, 15) is 4.79 Å². The van der Waals surface area contributed by atoms with Gasteiger partial charge in [-0.05, 0) is 58.1 Å². The number of pyridine rings is 1. The molecule has 0 aliphatic carbocycles. The van der Waals surface area contributed by atoms with E-state index in [-0.39, 0.29) is 5.78 Å². The lowest BCUT2D eigenvalue weighted by Crippen LogP contribution is -2.31. The molecule has 3 heterocycles. The number of piperidine rings is 1. The van der Waals surface area contributed by atoms with Crippen LogP contribution in [-0.4, -0.2) is 45.6 Å². The second-order valence-corrected chi connectivity index (χ2v) is 8.05. The zero-order valence-electron chi connectivity index (χ0n) is 15.4. The third kappa shape index (κ3) is 3.75. The molecule has 3 aromatic rings. The van der Waals surface area contributed by atoms with Crippen molar-refractivity contribution in [1.29, 1.82) is 0 Å². The summed E-state index contributed by atoms with van der Waals surface area (Å²) in [6, 6.07) is 6.30. The van der Waals surface area contributed by atoms with Crippen LogP contribution >= 0.6 is 15.9 Å². The molecule has 1 saturated heterocycles. The molecule has 1 aliphatic rings. The van der Waals surface area contributed by atoms with Gasteiger partial charge in [0.2, 0.25) is 0 Å². The summed E-state index contributed by atoms with van der Waals surface area (Å²) in [4.78, 5) is 18.9. The maximum Gasteiger partial charge on any atom is 0.163 e. The van der Waals surface area contributed by atoms with Crippen LogP contribution in [0.25, 0.3) is 10.9 Å². The van der Waals surface area contributed by atoms with Crippen molar-refractivity contribution in [2.75, 3.05) is 25.5 Å². The van der Waals surface area contributed by atoms with E-state index in [1.807, 2.05) is 35.3 Å². The zero-order valence-corrected chi connectivity index (χ0v) is 17.0. The van der Waals surface area contributed by atoms with Crippen molar-refractivity contribution in [2.45, 2.75) is 25.8 Å². The number of likely N-dealkylation sites (tertiary alicyclic amines) is 1. The molecule has 7 heteroatoms. The Labute approximate surface area is 166 Å². The minimum absolute atomic E-state index is 0.0189. The molecule has 0 bridgehead atoms. The van der Waals surface area contributed by atoms with E-state index >= 15 is 0 Å². The Bertz CT molecular complexity index is 991. The first-order valence-electron chi connectivity index (χ1n) is 9.10. The summed E-state index contributed by atoms with van der Waals surface area (Å²) in [5.41, 5.74) is 3.07. The number of fused-ring (bicyclic) bond motifs is 1. The maximum absolute atomic E-state index is 12.2. The van der Waals surface area contributed by atoms with E-state index in [0.29, 0.717) is 11.6 Å². The Morgan fingerprint density at radius 1 is 1.26 bits per heavy atom. The molecule has 0 saturated carbocycles. The highest BCUT2D eigenvalue weighted by Crippen LogP contribution is 2.32. The minimum atomic E-state index is -0.0189. The summed E-state index contributed by atoms with van der Waals surface area (Å²) in [7, 11) is 2.16. The summed E-state index contributed by atoms with van der Waals surface area (Å²) >= 11 is 3.51. The lowest BCUT2D eigenvalue weighted by molar-refractivity contribution is 0.101. The molecule has 4 rings (SSSR count). The van der Waals surface area contributed by atoms with Gasteiger partial charge in [-0.25, -0.2) is 0 Å². The molecule has 2 aromatic heterocycles. The molecule has 27 heavy (non-hydrogen) atoms. The van der Waals surface area contributed by atoms with Gasteiger partial charge >= 0.3 is 0 Å². The van der Waals surface area contributed by atoms with Crippen LogP contribution in [-0.2, 0) is 0 Å². The molecule has 1 fully saturated rings. The fraction of sp³-hybridized carbons (Fsp3) is 0.350. The molecule has 0 spiro atoms. The molecule has 1 N–H and O–H groups in total. The Balaban J connectivity index is 1.68. The minimum Gasteiger partial charge on any atom is -0.352 e. The van der Waals surface area contributed by atoms with Gasteiger partial charge < -0.3 is 10.2 Å². The SMILES string of the molecule is CC(=O)c1cnc2ccc(Br)cc2c1Nc1cnn(C2CCN(C)CC2)c1. The first-order chi connectivity index (χ1) is 13.0. The normalized spacial score (nSPS) is 16.0. The van der Waals surface area contributed by atoms with Crippen LogP contribution < -0.4 is 5.32 Å². The highest BCUT2D eigenvalue weighted by molar-refractivity contribution is 9.10. The summed E-state index contributed by atoms with van der Waals surface area (Å²) in [6.45, 7) is 3.74. The number of Topliss-reactive ketones (excluding diaryl/α,β-unsaturated/α-hetero) is 1. The van der Waals surface area contributed by atoms with Gasteiger partial charge in [-0.3, -0.25) is 14.5 Å². The standard InChI is InChI=1S/C20H22BrN5O/c1-13(27)18-11-22-19-4-3-14(21)9-17(19)20(18)24-15-10-23-26(12-15)16-5-7-25(2)8-6-16/h3-4,9-12,16H,5-8H2,1-2H3,(H,22,24). The fourth-order valence-electron chi connectivity index (χ4n) is 3.57. The van der Waals surface area contributed by atoms with Crippen LogP contribution in [0.2, 0.25) is 0 Å². The number of rotatable bonds is 4. The molecule has 0 amide bonds. The molecule has 0 unspecified atom stereocenters. The summed E-state index contributed by atoms with van der Waals surface area (Å²) in [5, 5.41) is 8.88. The predicted molar refractivity (Wildman–Crippen MR) is 111 cm³/mol. The molecular formula is C20H22BrN5O. The number of anilines is 2. The van der Waals surface area contributed by atoms with Gasteiger partial charge in [-0.2, -0.15) is 5.10 Å². The van der Waals surface area contributed by atoms with Crippen molar-refractivity contribution in [3.05, 3.63) is 46.8 Å². The maximum atomic E-state index is 12.2. The number of nitrogens with one attached hydrogen (secondary N) is 1. The third-order valence-corrected chi connectivity index (χ3v) is 5.64. The van der Waals surface area contributed by atoms with Gasteiger partial charge in [0, 0.05) is 22.3 Å². The smallest absolute Gasteiger partial charge is 0.163 e. The number of benzene rings is 1. The van der Waals surface area contributed by atoms with Crippen molar-refractivity contribution < 1.29 is 4.79 Å². The number of carbonyl (C=O) groups is 1. The van der Waals surface area contributed by atoms with Crippen LogP contribution in [0.3, 0.4) is 0 Å². The summed E-state index contributed by atoms with van der Waals surface area (Å²) in [5.74, 6) is -0.0189. The topological polar surface area (TPSA) is 63.1 Å². The number of aromatic nitrogens is 3. The van der Waals surface area contributed by atoms with E-state index in [2.05, 4.69) is 43.3 Å². The van der Waals surface area contributed by atoms with Crippen molar-refractivity contribution in [3.63, 3.8) is 0 Å². The molecule has 0 atom stereocenters. The lowest BCUT2D eigenvalue weighted by atomic mass is 10.1. The molecule has 6 nitrogen and oxygen atoms in total. The number of ketones is 1. The van der Waals surface area contributed by atoms with Gasteiger partial charge in [0.15, 0.2) is 5.78 Å². The highest BCUT2D eigenvalue weighted by Gasteiger charge is 2.19. The van der Waals surface area contributed by atoms with E-state index in [1.54, 1.807) is 13.1 Å². The van der Waals surface area contributed by atoms with Crippen LogP contribution in [0.5, 0.6) is 0 Å². The number of hydrogen-bond donors (Lipinski definition) is 1. The van der Waals surface area contributed by atoms with Gasteiger partial charge in [-0.15, -0.1) is 0 Å². The number of carbonyl (C=O) groups excluding carboxylic acids is 1. The van der Waals surface area contributed by atoms with Crippen molar-refractivity contribution in [1.82, 2.24) is 19.7 Å². The van der Waals surface area contributed by atoms with Gasteiger partial charge in [-0.1, -0.05) is 15.9 Å². The van der Waals surface area contributed by atoms with Crippen LogP contribution in [0.15, 0.2) is 41.3 Å². The van der Waals surface area contributed by atoms with E-state index < -0.39 is 0 Å². The predicted octanol–water partition coefficient (Wildman–Crippen LogP) is 4.41. The quantitative estimate of drug-likeness (QED) is 0.624. The number of hydrogen-bond acceptors (Lipinski definition) is 5. The Morgan fingerprint density at radius 2 is 2.04 bits per heavy atom. The zero-order chi connectivity index (χ0) is 19.0. The molecule has 1 aliphatic heterocycles. The second kappa shape index (κ2) is 7.40. The van der Waals surface area contributed by atoms with Crippen LogP contribution in [0.1, 0.15) is 36.2 Å². The Hall–Kier alpha value is -2.25. The summed E-state index contributed by atoms with van der Waals surface area (Å²) in [6.07, 6.45) is 7.70. The van der Waals surface area contributed by atoms with E-state index in [1.165, 1.54) is 0 Å². The average molecular weight is 428 g/mol. The highest BCUT2D eigenvalue weighted by atomic mass is 79.9. The fourth-order valence-corrected chi connectivity index (χ4v) is 3.93. The number of halogens is 1. The second-order valence-electron chi connectivity index (χ2n) is 7.13. The summed E-state index contributed by atoms with van der Waals surface area (Å²) < 4.78 is 2.99. The van der Waals surface area contributed by atoms with Gasteiger partial charge in [0.05, 0.1) is 34.7 Å². The first kappa shape index (κ1) is 18.1. The largest absolute Gasteiger partial charge is 0.352 e. The molecular weight excluding hydrogens is 406 g/mol. The van der Waals surface area contributed by atoms with E-state index in [4.69, 9.17) is 0 Å². The van der Waals surface area contributed by atoms with Crippen molar-refractivity contribution >= 4 is 44.0 Å². The van der Waals surface area contributed by atoms with Crippen LogP contribution in [0.4, 0.5) is 11.4 Å². The molecule has 140 valence electrons. The number of nitrogens with zero attached hydrogens (tertiary/aromatic N) is 4.